The maximum Gasteiger partial charge on any atom is 0.254 e. The van der Waals surface area contributed by atoms with Crippen LogP contribution in [0.15, 0.2) is 72.8 Å². The zero-order valence-corrected chi connectivity index (χ0v) is 32.8. The van der Waals surface area contributed by atoms with Crippen LogP contribution >= 0.6 is 23.2 Å². The topological polar surface area (TPSA) is 83.2 Å². The predicted molar refractivity (Wildman–Crippen MR) is 215 cm³/mol. The van der Waals surface area contributed by atoms with Crippen LogP contribution in [-0.4, -0.2) is 45.6 Å². The van der Waals surface area contributed by atoms with Gasteiger partial charge in [-0.2, -0.15) is 5.26 Å². The van der Waals surface area contributed by atoms with Crippen LogP contribution in [0, 0.1) is 48.5 Å². The second kappa shape index (κ2) is 14.8. The van der Waals surface area contributed by atoms with Gasteiger partial charge >= 0.3 is 0 Å². The average molecular weight is 809 g/mol. The Morgan fingerprint density at radius 2 is 1.77 bits per heavy atom. The number of pyridine rings is 1. The fourth-order valence-electron chi connectivity index (χ4n) is 9.36. The summed E-state index contributed by atoms with van der Waals surface area (Å²) in [6.07, 6.45) is 1.23. The SMILES string of the molecule is Cc1ccccc1C(=O)N1CC(OCc2c(F)cccc2F)CC1c1cc2c(C)nc3c(F)c(-c4cccc(Cl)c4Cl)c(CCC#N)cc3c2n1C1C2CNC1C2. The lowest BCUT2D eigenvalue weighted by atomic mass is 9.79. The highest BCUT2D eigenvalue weighted by Crippen LogP contribution is 2.51. The van der Waals surface area contributed by atoms with Crippen LogP contribution in [0.25, 0.3) is 32.9 Å². The molecule has 1 N–H and O–H groups in total. The Labute approximate surface area is 338 Å². The van der Waals surface area contributed by atoms with E-state index in [0.29, 0.717) is 40.1 Å². The van der Waals surface area contributed by atoms with Gasteiger partial charge in [0.05, 0.1) is 46.4 Å². The summed E-state index contributed by atoms with van der Waals surface area (Å²) >= 11 is 13.1. The fraction of sp³-hybridized carbons (Fsp3) is 0.311. The maximum absolute atomic E-state index is 17.3. The Kier molecular flexibility index (Phi) is 9.77. The number of hydrogen-bond acceptors (Lipinski definition) is 5. The van der Waals surface area contributed by atoms with E-state index in [1.807, 2.05) is 43.0 Å². The molecular weight excluding hydrogens is 770 g/mol. The van der Waals surface area contributed by atoms with E-state index in [2.05, 4.69) is 22.0 Å². The Balaban J connectivity index is 1.25. The number of nitrogens with one attached hydrogen (secondary N) is 1. The van der Waals surface area contributed by atoms with Crippen molar-refractivity contribution in [3.8, 4) is 17.2 Å². The lowest BCUT2D eigenvalue weighted by molar-refractivity contribution is 0.0410. The number of hydrogen-bond donors (Lipinski definition) is 1. The summed E-state index contributed by atoms with van der Waals surface area (Å²) in [7, 11) is 0. The van der Waals surface area contributed by atoms with E-state index in [9.17, 15) is 18.8 Å². The molecule has 6 aromatic rings. The molecular formula is C45H38Cl2F3N5O2. The van der Waals surface area contributed by atoms with Crippen LogP contribution in [0.4, 0.5) is 13.2 Å². The molecule has 5 heterocycles. The van der Waals surface area contributed by atoms with Gasteiger partial charge in [-0.25, -0.2) is 18.2 Å². The average Bonchev–Trinajstić information content (AvgIpc) is 4.00. The number of fused-ring (bicyclic) bond motifs is 4. The molecule has 1 saturated carbocycles. The summed E-state index contributed by atoms with van der Waals surface area (Å²) in [5.41, 5.74) is 4.95. The molecule has 57 heavy (non-hydrogen) atoms. The number of carbonyl (C=O) groups excluding carboxylic acids is 1. The normalized spacial score (nSPS) is 21.4. The van der Waals surface area contributed by atoms with Gasteiger partial charge in [0.2, 0.25) is 0 Å². The van der Waals surface area contributed by atoms with Gasteiger partial charge < -0.3 is 19.5 Å². The summed E-state index contributed by atoms with van der Waals surface area (Å²) in [6.45, 7) is 4.48. The highest BCUT2D eigenvalue weighted by molar-refractivity contribution is 6.43. The Bertz CT molecular complexity index is 2620. The third-order valence-corrected chi connectivity index (χ3v) is 13.0. The van der Waals surface area contributed by atoms with Gasteiger partial charge in [-0.05, 0) is 80.1 Å². The van der Waals surface area contributed by atoms with E-state index in [0.717, 1.165) is 35.1 Å². The van der Waals surface area contributed by atoms with Gasteiger partial charge in [-0.1, -0.05) is 59.6 Å². The predicted octanol–water partition coefficient (Wildman–Crippen LogP) is 10.4. The first-order valence-electron chi connectivity index (χ1n) is 19.2. The number of likely N-dealkylation sites (tertiary alicyclic amines) is 1. The molecule has 12 heteroatoms. The van der Waals surface area contributed by atoms with E-state index < -0.39 is 29.6 Å². The molecule has 3 aliphatic heterocycles. The van der Waals surface area contributed by atoms with Crippen LogP contribution in [0.2, 0.25) is 10.0 Å². The lowest BCUT2D eigenvalue weighted by Gasteiger charge is -2.39. The molecule has 5 atom stereocenters. The lowest BCUT2D eigenvalue weighted by Crippen LogP contribution is -2.41. The molecule has 0 spiro atoms. The molecule has 4 fully saturated rings. The molecule has 0 radical (unpaired) electrons. The van der Waals surface area contributed by atoms with Gasteiger partial charge in [-0.3, -0.25) is 4.79 Å². The number of ether oxygens (including phenoxy) is 1. The Morgan fingerprint density at radius 1 is 1.00 bits per heavy atom. The molecule has 10 rings (SSSR count). The van der Waals surface area contributed by atoms with Gasteiger partial charge in [0.25, 0.3) is 5.91 Å². The minimum Gasteiger partial charge on any atom is -0.371 e. The largest absolute Gasteiger partial charge is 0.371 e. The van der Waals surface area contributed by atoms with Gasteiger partial charge in [-0.15, -0.1) is 0 Å². The van der Waals surface area contributed by atoms with Crippen molar-refractivity contribution in [1.29, 1.82) is 5.26 Å². The van der Waals surface area contributed by atoms with E-state index >= 15 is 4.39 Å². The van der Waals surface area contributed by atoms with Crippen LogP contribution in [0.1, 0.15) is 69.8 Å². The number of aryl methyl sites for hydroxylation is 3. The van der Waals surface area contributed by atoms with E-state index in [4.69, 9.17) is 32.9 Å². The summed E-state index contributed by atoms with van der Waals surface area (Å²) in [4.78, 5) is 21.3. The number of amides is 1. The minimum absolute atomic E-state index is 0.0121. The van der Waals surface area contributed by atoms with Crippen LogP contribution in [0.5, 0.6) is 0 Å². The van der Waals surface area contributed by atoms with Crippen molar-refractivity contribution in [2.24, 2.45) is 5.92 Å². The number of rotatable bonds is 9. The van der Waals surface area contributed by atoms with Gasteiger partial charge in [0, 0.05) is 76.4 Å². The summed E-state index contributed by atoms with van der Waals surface area (Å²) in [6, 6.07) is 22.1. The molecule has 4 aromatic carbocycles. The number of halogens is 5. The van der Waals surface area contributed by atoms with Gasteiger partial charge in [0.1, 0.15) is 17.2 Å². The van der Waals surface area contributed by atoms with Gasteiger partial charge in [0.15, 0.2) is 5.82 Å². The van der Waals surface area contributed by atoms with Crippen LogP contribution < -0.4 is 5.32 Å². The van der Waals surface area contributed by atoms with Crippen molar-refractivity contribution in [2.75, 3.05) is 13.1 Å². The van der Waals surface area contributed by atoms with E-state index in [1.54, 1.807) is 24.3 Å². The molecule has 4 aliphatic rings. The number of nitrogens with zero attached hydrogens (tertiary/aromatic N) is 4. The number of nitriles is 1. The second-order valence-electron chi connectivity index (χ2n) is 15.4. The molecule has 2 bridgehead atoms. The van der Waals surface area contributed by atoms with Crippen molar-refractivity contribution in [2.45, 2.75) is 70.4 Å². The van der Waals surface area contributed by atoms with Crippen molar-refractivity contribution >= 4 is 50.9 Å². The highest BCUT2D eigenvalue weighted by Gasteiger charge is 2.50. The van der Waals surface area contributed by atoms with Crippen molar-refractivity contribution in [3.63, 3.8) is 0 Å². The monoisotopic (exact) mass is 807 g/mol. The molecule has 5 unspecified atom stereocenters. The van der Waals surface area contributed by atoms with Crippen molar-refractivity contribution in [3.05, 3.63) is 134 Å². The molecule has 3 saturated heterocycles. The highest BCUT2D eigenvalue weighted by atomic mass is 35.5. The minimum atomic E-state index is -0.692. The number of carbonyl (C=O) groups is 1. The fourth-order valence-corrected chi connectivity index (χ4v) is 9.76. The maximum atomic E-state index is 17.3. The van der Waals surface area contributed by atoms with Crippen LogP contribution in [-0.2, 0) is 17.8 Å². The number of benzene rings is 4. The van der Waals surface area contributed by atoms with E-state index in [-0.39, 0.29) is 70.7 Å². The number of aromatic nitrogens is 2. The quantitative estimate of drug-likeness (QED) is 0.157. The third-order valence-electron chi connectivity index (χ3n) is 12.2. The first-order chi connectivity index (χ1) is 27.5. The Hall–Kier alpha value is -4.92. The smallest absolute Gasteiger partial charge is 0.254 e. The molecule has 290 valence electrons. The summed E-state index contributed by atoms with van der Waals surface area (Å²) in [5.74, 6) is -1.81. The third kappa shape index (κ3) is 6.27. The Morgan fingerprint density at radius 3 is 2.49 bits per heavy atom. The first kappa shape index (κ1) is 37.6. The van der Waals surface area contributed by atoms with Crippen LogP contribution in [0.3, 0.4) is 0 Å². The molecule has 7 nitrogen and oxygen atoms in total. The molecule has 2 aromatic heterocycles. The standard InChI is InChI=1S/C45H38Cl2F3N5O2/c1-23-8-3-4-10-28(23)45(56)54-21-27(57-22-32-34(48)13-6-14-35(32)49)18-37(54)38-19-30-24(2)53-42-31(44(30)55(38)43-26-17-36(43)52-20-26)16-25(9-7-15-51)39(41(42)50)29-11-5-12-33(46)40(29)47/h3-6,8,10-14,16,19,26-27,36-37,43,52H,7,9,17-18,20-22H2,1-2H3. The first-order valence-corrected chi connectivity index (χ1v) is 19.9. The summed E-state index contributed by atoms with van der Waals surface area (Å²) in [5, 5.41) is 15.2. The zero-order valence-electron chi connectivity index (χ0n) is 31.3. The second-order valence-corrected chi connectivity index (χ2v) is 16.2. The molecule has 1 amide bonds. The molecule has 1 aliphatic carbocycles. The van der Waals surface area contributed by atoms with E-state index in [1.165, 1.54) is 18.2 Å². The zero-order chi connectivity index (χ0) is 39.7. The van der Waals surface area contributed by atoms with Crippen molar-refractivity contribution in [1.82, 2.24) is 19.8 Å². The van der Waals surface area contributed by atoms with Crippen molar-refractivity contribution < 1.29 is 22.7 Å². The summed E-state index contributed by atoms with van der Waals surface area (Å²) < 4.78 is 55.3.